The number of aryl methyl sites for hydroxylation is 1. The summed E-state index contributed by atoms with van der Waals surface area (Å²) in [5.41, 5.74) is 0.254. The van der Waals surface area contributed by atoms with Crippen molar-refractivity contribution in [1.82, 2.24) is 14.8 Å². The van der Waals surface area contributed by atoms with Gasteiger partial charge in [0.1, 0.15) is 17.3 Å². The van der Waals surface area contributed by atoms with Crippen molar-refractivity contribution in [2.75, 3.05) is 26.2 Å². The lowest BCUT2D eigenvalue weighted by molar-refractivity contribution is -0.126. The van der Waals surface area contributed by atoms with Crippen molar-refractivity contribution in [3.8, 4) is 0 Å². The highest BCUT2D eigenvalue weighted by molar-refractivity contribution is 7.89. The van der Waals surface area contributed by atoms with Gasteiger partial charge in [0.25, 0.3) is 0 Å². The molecule has 1 amide bonds. The van der Waals surface area contributed by atoms with E-state index in [1.165, 1.54) is 29.4 Å². The van der Waals surface area contributed by atoms with E-state index in [4.69, 9.17) is 9.26 Å². The summed E-state index contributed by atoms with van der Waals surface area (Å²) in [4.78, 5) is 12.4. The topological polar surface area (TPSA) is 102 Å². The molecule has 0 spiro atoms. The summed E-state index contributed by atoms with van der Waals surface area (Å²) in [7, 11) is -3.96. The van der Waals surface area contributed by atoms with Crippen LogP contribution in [-0.4, -0.2) is 56.1 Å². The van der Waals surface area contributed by atoms with Crippen LogP contribution in [0.2, 0.25) is 0 Å². The van der Waals surface area contributed by atoms with Crippen LogP contribution in [0.4, 0.5) is 8.78 Å². The molecule has 1 aromatic heterocycles. The fourth-order valence-corrected chi connectivity index (χ4v) is 5.97. The molecule has 4 rings (SSSR count). The molecule has 1 atom stereocenters. The van der Waals surface area contributed by atoms with Gasteiger partial charge in [-0.05, 0) is 56.9 Å². The Morgan fingerprint density at radius 2 is 2.00 bits per heavy atom. The maximum absolute atomic E-state index is 13.9. The first-order chi connectivity index (χ1) is 16.3. The van der Waals surface area contributed by atoms with Gasteiger partial charge < -0.3 is 14.6 Å². The number of sulfonamides is 1. The van der Waals surface area contributed by atoms with Gasteiger partial charge in [-0.2, -0.15) is 4.31 Å². The SMILES string of the molecule is Cc1noc(C=Cc2ccc(F)cc2F)c1S(=O)(=O)N1CCC(C(=O)NCC2CCCO2)CC1. The molecule has 184 valence electrons. The number of rotatable bonds is 7. The Morgan fingerprint density at radius 1 is 1.24 bits per heavy atom. The molecule has 0 saturated carbocycles. The summed E-state index contributed by atoms with van der Waals surface area (Å²) in [6.07, 6.45) is 5.37. The Kier molecular flexibility index (Phi) is 7.44. The van der Waals surface area contributed by atoms with E-state index < -0.39 is 21.7 Å². The van der Waals surface area contributed by atoms with E-state index in [0.29, 0.717) is 19.4 Å². The van der Waals surface area contributed by atoms with Crippen LogP contribution >= 0.6 is 0 Å². The lowest BCUT2D eigenvalue weighted by Gasteiger charge is -2.30. The van der Waals surface area contributed by atoms with Crippen LogP contribution in [0, 0.1) is 24.5 Å². The second-order valence-corrected chi connectivity index (χ2v) is 10.4. The normalized spacial score (nSPS) is 20.3. The number of amides is 1. The molecule has 1 unspecified atom stereocenters. The van der Waals surface area contributed by atoms with Gasteiger partial charge in [-0.15, -0.1) is 0 Å². The third-order valence-electron chi connectivity index (χ3n) is 6.16. The predicted octanol–water partition coefficient (Wildman–Crippen LogP) is 3.13. The van der Waals surface area contributed by atoms with Crippen LogP contribution < -0.4 is 5.32 Å². The second-order valence-electron chi connectivity index (χ2n) is 8.52. The minimum absolute atomic E-state index is 0.0438. The van der Waals surface area contributed by atoms with E-state index >= 15 is 0 Å². The first-order valence-corrected chi connectivity index (χ1v) is 12.7. The molecule has 34 heavy (non-hydrogen) atoms. The molecule has 11 heteroatoms. The second kappa shape index (κ2) is 10.3. The molecule has 2 aliphatic rings. The van der Waals surface area contributed by atoms with Crippen LogP contribution in [0.5, 0.6) is 0 Å². The third kappa shape index (κ3) is 5.37. The van der Waals surface area contributed by atoms with Crippen molar-refractivity contribution in [1.29, 1.82) is 0 Å². The third-order valence-corrected chi connectivity index (χ3v) is 8.22. The van der Waals surface area contributed by atoms with Crippen LogP contribution in [0.15, 0.2) is 27.6 Å². The van der Waals surface area contributed by atoms with Gasteiger partial charge in [0, 0.05) is 43.8 Å². The highest BCUT2D eigenvalue weighted by atomic mass is 32.2. The fraction of sp³-hybridized carbons (Fsp3) is 0.478. The molecule has 2 aliphatic heterocycles. The summed E-state index contributed by atoms with van der Waals surface area (Å²) in [5.74, 6) is -1.89. The number of halogens is 2. The van der Waals surface area contributed by atoms with Crippen molar-refractivity contribution < 1.29 is 31.3 Å². The molecular formula is C23H27F2N3O5S. The van der Waals surface area contributed by atoms with E-state index in [2.05, 4.69) is 10.5 Å². The Balaban J connectivity index is 1.42. The molecule has 2 fully saturated rings. The lowest BCUT2D eigenvalue weighted by Crippen LogP contribution is -2.44. The van der Waals surface area contributed by atoms with Gasteiger partial charge in [-0.3, -0.25) is 4.79 Å². The standard InChI is InChI=1S/C23H27F2N3O5S/c1-15-22(21(33-27-15)7-5-16-4-6-18(24)13-20(16)25)34(30,31)28-10-8-17(9-11-28)23(29)26-14-19-3-2-12-32-19/h4-7,13,17,19H,2-3,8-12,14H2,1H3,(H,26,29). The smallest absolute Gasteiger partial charge is 0.248 e. The van der Waals surface area contributed by atoms with E-state index in [1.54, 1.807) is 0 Å². The van der Waals surface area contributed by atoms with Crippen molar-refractivity contribution in [2.45, 2.75) is 43.6 Å². The largest absolute Gasteiger partial charge is 0.376 e. The molecule has 1 N–H and O–H groups in total. The van der Waals surface area contributed by atoms with Crippen molar-refractivity contribution in [3.63, 3.8) is 0 Å². The van der Waals surface area contributed by atoms with Crippen molar-refractivity contribution in [2.24, 2.45) is 5.92 Å². The molecule has 0 aliphatic carbocycles. The number of hydrogen-bond acceptors (Lipinski definition) is 6. The number of carbonyl (C=O) groups excluding carboxylic acids is 1. The molecule has 1 aromatic carbocycles. The molecule has 2 saturated heterocycles. The summed E-state index contributed by atoms with van der Waals surface area (Å²) >= 11 is 0. The maximum Gasteiger partial charge on any atom is 0.248 e. The quantitative estimate of drug-likeness (QED) is 0.633. The number of benzene rings is 1. The molecular weight excluding hydrogens is 468 g/mol. The number of nitrogens with one attached hydrogen (secondary N) is 1. The van der Waals surface area contributed by atoms with Crippen molar-refractivity contribution in [3.05, 3.63) is 46.9 Å². The average molecular weight is 496 g/mol. The number of hydrogen-bond donors (Lipinski definition) is 1. The molecule has 8 nitrogen and oxygen atoms in total. The number of aromatic nitrogens is 1. The number of carbonyl (C=O) groups is 1. The average Bonchev–Trinajstić information content (AvgIpc) is 3.47. The van der Waals surface area contributed by atoms with E-state index in [0.717, 1.165) is 31.6 Å². The highest BCUT2D eigenvalue weighted by Gasteiger charge is 2.36. The van der Waals surface area contributed by atoms with Gasteiger partial charge in [-0.25, -0.2) is 17.2 Å². The van der Waals surface area contributed by atoms with Gasteiger partial charge >= 0.3 is 0 Å². The Labute approximate surface area is 197 Å². The fourth-order valence-electron chi connectivity index (χ4n) is 4.25. The van der Waals surface area contributed by atoms with E-state index in [1.807, 2.05) is 0 Å². The van der Waals surface area contributed by atoms with Crippen LogP contribution in [0.3, 0.4) is 0 Å². The van der Waals surface area contributed by atoms with Crippen LogP contribution in [-0.2, 0) is 19.6 Å². The van der Waals surface area contributed by atoms with Gasteiger partial charge in [-0.1, -0.05) is 5.16 Å². The van der Waals surface area contributed by atoms with E-state index in [9.17, 15) is 22.0 Å². The Morgan fingerprint density at radius 3 is 2.68 bits per heavy atom. The molecule has 0 bridgehead atoms. The van der Waals surface area contributed by atoms with Gasteiger partial charge in [0.05, 0.1) is 6.10 Å². The first-order valence-electron chi connectivity index (χ1n) is 11.2. The van der Waals surface area contributed by atoms with E-state index in [-0.39, 0.29) is 52.9 Å². The first kappa shape index (κ1) is 24.5. The van der Waals surface area contributed by atoms with Crippen LogP contribution in [0.1, 0.15) is 42.7 Å². The van der Waals surface area contributed by atoms with Crippen molar-refractivity contribution >= 4 is 28.1 Å². The minimum Gasteiger partial charge on any atom is -0.376 e. The number of piperidine rings is 1. The number of nitrogens with zero attached hydrogens (tertiary/aromatic N) is 2. The highest BCUT2D eigenvalue weighted by Crippen LogP contribution is 2.29. The van der Waals surface area contributed by atoms with Gasteiger partial charge in [0.15, 0.2) is 10.7 Å². The Bertz CT molecular complexity index is 1170. The molecule has 3 heterocycles. The summed E-state index contributed by atoms with van der Waals surface area (Å²) in [6.45, 7) is 3.07. The zero-order valence-electron chi connectivity index (χ0n) is 18.8. The Hall–Kier alpha value is -2.63. The summed E-state index contributed by atoms with van der Waals surface area (Å²) in [6, 6.07) is 3.09. The summed E-state index contributed by atoms with van der Waals surface area (Å²) < 4.78 is 65.7. The van der Waals surface area contributed by atoms with Gasteiger partial charge in [0.2, 0.25) is 15.9 Å². The lowest BCUT2D eigenvalue weighted by atomic mass is 9.97. The minimum atomic E-state index is -3.96. The maximum atomic E-state index is 13.9. The number of ether oxygens (including phenoxy) is 1. The zero-order valence-corrected chi connectivity index (χ0v) is 19.6. The predicted molar refractivity (Wildman–Crippen MR) is 120 cm³/mol. The summed E-state index contributed by atoms with van der Waals surface area (Å²) in [5, 5.41) is 6.68. The zero-order chi connectivity index (χ0) is 24.3. The monoisotopic (exact) mass is 495 g/mol. The molecule has 0 radical (unpaired) electrons. The van der Waals surface area contributed by atoms with Crippen LogP contribution in [0.25, 0.3) is 12.2 Å². The molecule has 2 aromatic rings.